The van der Waals surface area contributed by atoms with E-state index in [0.717, 1.165) is 17.9 Å². The lowest BCUT2D eigenvalue weighted by Crippen LogP contribution is -2.20. The molecule has 0 aliphatic heterocycles. The maximum absolute atomic E-state index is 5.23. The van der Waals surface area contributed by atoms with Gasteiger partial charge in [-0.3, -0.25) is 0 Å². The number of hydrogen-bond donors (Lipinski definition) is 1. The van der Waals surface area contributed by atoms with Crippen molar-refractivity contribution >= 4 is 0 Å². The van der Waals surface area contributed by atoms with E-state index in [9.17, 15) is 0 Å². The number of rotatable bonds is 6. The minimum Gasteiger partial charge on any atom is -0.468 e. The highest BCUT2D eigenvalue weighted by Gasteiger charge is 2.04. The predicted octanol–water partition coefficient (Wildman–Crippen LogP) is 1.72. The molecule has 0 fully saturated rings. The average molecular weight is 269 g/mol. The van der Waals surface area contributed by atoms with Crippen molar-refractivity contribution in [3.05, 3.63) is 54.5 Å². The lowest BCUT2D eigenvalue weighted by atomic mass is 10.2. The van der Waals surface area contributed by atoms with Crippen LogP contribution in [0.3, 0.4) is 0 Å². The summed E-state index contributed by atoms with van der Waals surface area (Å²) in [6.07, 6.45) is 1.67. The monoisotopic (exact) mass is 269 g/mol. The van der Waals surface area contributed by atoms with Gasteiger partial charge in [-0.1, -0.05) is 30.3 Å². The van der Waals surface area contributed by atoms with Crippen LogP contribution >= 0.6 is 0 Å². The molecule has 6 heteroatoms. The molecule has 2 aromatic heterocycles. The maximum Gasteiger partial charge on any atom is 0.204 e. The van der Waals surface area contributed by atoms with Crippen LogP contribution in [0.25, 0.3) is 11.4 Å². The van der Waals surface area contributed by atoms with Gasteiger partial charge in [0, 0.05) is 12.1 Å². The Morgan fingerprint density at radius 1 is 1.10 bits per heavy atom. The molecule has 2 heterocycles. The number of benzene rings is 1. The van der Waals surface area contributed by atoms with Gasteiger partial charge in [0.15, 0.2) is 0 Å². The molecule has 0 unspecified atom stereocenters. The van der Waals surface area contributed by atoms with E-state index in [1.165, 1.54) is 0 Å². The Morgan fingerprint density at radius 2 is 2.00 bits per heavy atom. The fourth-order valence-electron chi connectivity index (χ4n) is 1.84. The van der Waals surface area contributed by atoms with E-state index >= 15 is 0 Å². The summed E-state index contributed by atoms with van der Waals surface area (Å²) in [5, 5.41) is 15.7. The van der Waals surface area contributed by atoms with Crippen molar-refractivity contribution in [1.82, 2.24) is 25.5 Å². The fourth-order valence-corrected chi connectivity index (χ4v) is 1.84. The first-order valence-corrected chi connectivity index (χ1v) is 6.48. The van der Waals surface area contributed by atoms with Gasteiger partial charge >= 0.3 is 0 Å². The van der Waals surface area contributed by atoms with Gasteiger partial charge in [0.05, 0.1) is 19.4 Å². The smallest absolute Gasteiger partial charge is 0.204 e. The normalized spacial score (nSPS) is 10.8. The second-order valence-electron chi connectivity index (χ2n) is 4.33. The van der Waals surface area contributed by atoms with E-state index in [0.29, 0.717) is 18.9 Å². The number of tetrazole rings is 1. The van der Waals surface area contributed by atoms with Crippen LogP contribution in [0.2, 0.25) is 0 Å². The molecule has 3 aromatic rings. The van der Waals surface area contributed by atoms with Crippen molar-refractivity contribution in [2.75, 3.05) is 6.54 Å². The highest BCUT2D eigenvalue weighted by atomic mass is 16.3. The van der Waals surface area contributed by atoms with Crippen LogP contribution in [0, 0.1) is 0 Å². The summed E-state index contributed by atoms with van der Waals surface area (Å²) in [4.78, 5) is 1.59. The van der Waals surface area contributed by atoms with Crippen LogP contribution in [0.1, 0.15) is 5.76 Å². The van der Waals surface area contributed by atoms with Crippen LogP contribution in [-0.2, 0) is 13.1 Å². The summed E-state index contributed by atoms with van der Waals surface area (Å²) < 4.78 is 5.23. The molecule has 0 bridgehead atoms. The second kappa shape index (κ2) is 6.12. The largest absolute Gasteiger partial charge is 0.468 e. The highest BCUT2D eigenvalue weighted by molar-refractivity contribution is 5.52. The summed E-state index contributed by atoms with van der Waals surface area (Å²) in [7, 11) is 0. The Morgan fingerprint density at radius 3 is 2.80 bits per heavy atom. The molecule has 1 aromatic carbocycles. The van der Waals surface area contributed by atoms with Crippen molar-refractivity contribution < 1.29 is 4.42 Å². The molecule has 0 aliphatic rings. The molecule has 0 saturated carbocycles. The SMILES string of the molecule is c1ccc(-c2nnn(CCNCc3ccco3)n2)cc1. The van der Waals surface area contributed by atoms with Gasteiger partial charge in [-0.25, -0.2) is 0 Å². The van der Waals surface area contributed by atoms with E-state index in [1.807, 2.05) is 42.5 Å². The molecule has 6 nitrogen and oxygen atoms in total. The molecule has 0 spiro atoms. The number of aromatic nitrogens is 4. The third-order valence-electron chi connectivity index (χ3n) is 2.85. The molecule has 102 valence electrons. The van der Waals surface area contributed by atoms with Gasteiger partial charge < -0.3 is 9.73 Å². The Kier molecular flexibility index (Phi) is 3.84. The number of hydrogen-bond acceptors (Lipinski definition) is 5. The van der Waals surface area contributed by atoms with E-state index in [-0.39, 0.29) is 0 Å². The summed E-state index contributed by atoms with van der Waals surface area (Å²) in [5.74, 6) is 1.57. The number of nitrogens with zero attached hydrogens (tertiary/aromatic N) is 4. The topological polar surface area (TPSA) is 68.8 Å². The molecule has 0 saturated heterocycles. The third kappa shape index (κ3) is 3.10. The van der Waals surface area contributed by atoms with Crippen LogP contribution in [0.15, 0.2) is 53.1 Å². The molecule has 0 radical (unpaired) electrons. The highest BCUT2D eigenvalue weighted by Crippen LogP contribution is 2.11. The van der Waals surface area contributed by atoms with E-state index in [2.05, 4.69) is 20.7 Å². The number of nitrogens with one attached hydrogen (secondary N) is 1. The standard InChI is InChI=1S/C14H15N5O/c1-2-5-12(6-3-1)14-16-18-19(17-14)9-8-15-11-13-7-4-10-20-13/h1-7,10,15H,8-9,11H2. The molecular weight excluding hydrogens is 254 g/mol. The quantitative estimate of drug-likeness (QED) is 0.690. The van der Waals surface area contributed by atoms with Gasteiger partial charge in [0.2, 0.25) is 5.82 Å². The van der Waals surface area contributed by atoms with Crippen molar-refractivity contribution in [3.63, 3.8) is 0 Å². The Bertz CT molecular complexity index is 633. The van der Waals surface area contributed by atoms with E-state index < -0.39 is 0 Å². The first kappa shape index (κ1) is 12.6. The third-order valence-corrected chi connectivity index (χ3v) is 2.85. The van der Waals surface area contributed by atoms with E-state index in [1.54, 1.807) is 11.1 Å². The fraction of sp³-hybridized carbons (Fsp3) is 0.214. The van der Waals surface area contributed by atoms with Crippen molar-refractivity contribution in [1.29, 1.82) is 0 Å². The first-order valence-electron chi connectivity index (χ1n) is 6.48. The summed E-state index contributed by atoms with van der Waals surface area (Å²) in [6, 6.07) is 13.6. The number of furan rings is 1. The Hall–Kier alpha value is -2.47. The molecular formula is C14H15N5O. The summed E-state index contributed by atoms with van der Waals surface area (Å²) >= 11 is 0. The molecule has 20 heavy (non-hydrogen) atoms. The molecule has 0 atom stereocenters. The first-order chi connectivity index (χ1) is 9.92. The molecule has 0 amide bonds. The van der Waals surface area contributed by atoms with Gasteiger partial charge in [-0.15, -0.1) is 10.2 Å². The van der Waals surface area contributed by atoms with Gasteiger partial charge in [-0.05, 0) is 17.3 Å². The lowest BCUT2D eigenvalue weighted by Gasteiger charge is -2.01. The van der Waals surface area contributed by atoms with Crippen LogP contribution < -0.4 is 5.32 Å². The van der Waals surface area contributed by atoms with Gasteiger partial charge in [-0.2, -0.15) is 4.80 Å². The zero-order valence-corrected chi connectivity index (χ0v) is 10.9. The van der Waals surface area contributed by atoms with Crippen molar-refractivity contribution in [2.24, 2.45) is 0 Å². The maximum atomic E-state index is 5.23. The second-order valence-corrected chi connectivity index (χ2v) is 4.33. The zero-order chi connectivity index (χ0) is 13.6. The van der Waals surface area contributed by atoms with Crippen molar-refractivity contribution in [3.8, 4) is 11.4 Å². The summed E-state index contributed by atoms with van der Waals surface area (Å²) in [6.45, 7) is 2.12. The average Bonchev–Trinajstić information content (AvgIpc) is 3.16. The molecule has 3 rings (SSSR count). The van der Waals surface area contributed by atoms with Crippen LogP contribution in [0.5, 0.6) is 0 Å². The van der Waals surface area contributed by atoms with Crippen LogP contribution in [-0.4, -0.2) is 26.8 Å². The zero-order valence-electron chi connectivity index (χ0n) is 10.9. The predicted molar refractivity (Wildman–Crippen MR) is 73.7 cm³/mol. The Balaban J connectivity index is 1.50. The van der Waals surface area contributed by atoms with Gasteiger partial charge in [0.25, 0.3) is 0 Å². The lowest BCUT2D eigenvalue weighted by molar-refractivity contribution is 0.453. The molecule has 1 N–H and O–H groups in total. The van der Waals surface area contributed by atoms with E-state index in [4.69, 9.17) is 4.42 Å². The minimum atomic E-state index is 0.650. The molecule has 0 aliphatic carbocycles. The Labute approximate surface area is 116 Å². The minimum absolute atomic E-state index is 0.650. The van der Waals surface area contributed by atoms with Crippen LogP contribution in [0.4, 0.5) is 0 Å². The van der Waals surface area contributed by atoms with Crippen molar-refractivity contribution in [2.45, 2.75) is 13.1 Å². The summed E-state index contributed by atoms with van der Waals surface area (Å²) in [5.41, 5.74) is 0.974. The van der Waals surface area contributed by atoms with Gasteiger partial charge in [0.1, 0.15) is 5.76 Å².